The highest BCUT2D eigenvalue weighted by molar-refractivity contribution is 5.62. The van der Waals surface area contributed by atoms with Crippen LogP contribution in [0.1, 0.15) is 28.7 Å². The van der Waals surface area contributed by atoms with E-state index in [1.54, 1.807) is 0 Å². The zero-order valence-electron chi connectivity index (χ0n) is 15.5. The quantitative estimate of drug-likeness (QED) is 0.346. The monoisotopic (exact) mass is 348 g/mol. The van der Waals surface area contributed by atoms with Crippen LogP contribution >= 0.6 is 0 Å². The molecule has 0 amide bonds. The van der Waals surface area contributed by atoms with Crippen LogP contribution in [-0.2, 0) is 11.8 Å². The van der Waals surface area contributed by atoms with Gasteiger partial charge in [-0.1, -0.05) is 109 Å². The lowest BCUT2D eigenvalue weighted by molar-refractivity contribution is 0.703. The molecule has 4 rings (SSSR count). The van der Waals surface area contributed by atoms with Crippen LogP contribution in [0.5, 0.6) is 0 Å². The molecule has 27 heavy (non-hydrogen) atoms. The fourth-order valence-corrected chi connectivity index (χ4v) is 4.34. The van der Waals surface area contributed by atoms with Crippen molar-refractivity contribution in [3.8, 4) is 0 Å². The molecule has 0 heteroatoms. The summed E-state index contributed by atoms with van der Waals surface area (Å²) < 4.78 is 0. The zero-order valence-corrected chi connectivity index (χ0v) is 15.5. The van der Waals surface area contributed by atoms with Gasteiger partial charge < -0.3 is 0 Å². The molecule has 0 aliphatic heterocycles. The molecule has 0 fully saturated rings. The molecule has 0 N–H and O–H groups in total. The summed E-state index contributed by atoms with van der Waals surface area (Å²) in [6.45, 7) is 4.00. The van der Waals surface area contributed by atoms with Crippen molar-refractivity contribution in [2.24, 2.45) is 0 Å². The van der Waals surface area contributed by atoms with E-state index in [0.29, 0.717) is 0 Å². The van der Waals surface area contributed by atoms with Gasteiger partial charge in [-0.05, 0) is 40.7 Å². The molecule has 0 nitrogen and oxygen atoms in total. The predicted octanol–water partition coefficient (Wildman–Crippen LogP) is 6.64. The van der Waals surface area contributed by atoms with Gasteiger partial charge in [0.25, 0.3) is 0 Å². The highest BCUT2D eigenvalue weighted by atomic mass is 14.4. The van der Waals surface area contributed by atoms with Gasteiger partial charge in [-0.3, -0.25) is 0 Å². The Labute approximate surface area is 162 Å². The normalized spacial score (nSPS) is 13.4. The summed E-state index contributed by atoms with van der Waals surface area (Å²) in [6, 6.07) is 30.6. The molecule has 132 valence electrons. The molecule has 0 radical (unpaired) electrons. The standard InChI is InChI=1S/C27H24/c1-2-13-22-14-9-12-21-26(22)27(25-19-10-11-20-25,23-15-5-3-6-16-23)24-17-7-4-8-18-24/h2-12,14-19,21H,1,13,20H2. The maximum atomic E-state index is 4.00. The summed E-state index contributed by atoms with van der Waals surface area (Å²) in [7, 11) is 0. The van der Waals surface area contributed by atoms with Crippen LogP contribution in [0.15, 0.2) is 121 Å². The van der Waals surface area contributed by atoms with Crippen LogP contribution in [0.25, 0.3) is 0 Å². The first-order valence-corrected chi connectivity index (χ1v) is 9.54. The first kappa shape index (κ1) is 17.3. The second kappa shape index (κ2) is 7.63. The Bertz CT molecular complexity index is 935. The number of rotatable bonds is 6. The van der Waals surface area contributed by atoms with Crippen molar-refractivity contribution in [3.63, 3.8) is 0 Å². The lowest BCUT2D eigenvalue weighted by Gasteiger charge is -2.39. The Kier molecular flexibility index (Phi) is 4.89. The highest BCUT2D eigenvalue weighted by Gasteiger charge is 2.40. The molecular weight excluding hydrogens is 324 g/mol. The van der Waals surface area contributed by atoms with E-state index >= 15 is 0 Å². The van der Waals surface area contributed by atoms with E-state index in [1.165, 1.54) is 27.8 Å². The van der Waals surface area contributed by atoms with Crippen LogP contribution < -0.4 is 0 Å². The SMILES string of the molecule is C=CCc1ccccc1C(C1=CC=CC1)(c1ccccc1)c1ccccc1. The van der Waals surface area contributed by atoms with Gasteiger partial charge in [-0.2, -0.15) is 0 Å². The fourth-order valence-electron chi connectivity index (χ4n) is 4.34. The van der Waals surface area contributed by atoms with Gasteiger partial charge in [0, 0.05) is 0 Å². The number of hydrogen-bond acceptors (Lipinski definition) is 0. The molecule has 0 saturated carbocycles. The van der Waals surface area contributed by atoms with E-state index < -0.39 is 0 Å². The molecule has 0 atom stereocenters. The van der Waals surface area contributed by atoms with Crippen molar-refractivity contribution in [1.82, 2.24) is 0 Å². The van der Waals surface area contributed by atoms with Crippen LogP contribution in [0, 0.1) is 0 Å². The van der Waals surface area contributed by atoms with Crippen molar-refractivity contribution < 1.29 is 0 Å². The second-order valence-electron chi connectivity index (χ2n) is 6.96. The maximum absolute atomic E-state index is 4.00. The molecule has 0 bridgehead atoms. The number of benzene rings is 3. The molecule has 0 spiro atoms. The van der Waals surface area contributed by atoms with E-state index in [4.69, 9.17) is 0 Å². The molecule has 3 aromatic carbocycles. The Morgan fingerprint density at radius 1 is 0.778 bits per heavy atom. The Balaban J connectivity index is 2.10. The van der Waals surface area contributed by atoms with E-state index in [1.807, 2.05) is 6.08 Å². The van der Waals surface area contributed by atoms with Crippen molar-refractivity contribution >= 4 is 0 Å². The molecule has 1 aliphatic rings. The largest absolute Gasteiger partial charge is 0.103 e. The summed E-state index contributed by atoms with van der Waals surface area (Å²) in [5.41, 5.74) is 6.40. The third-order valence-electron chi connectivity index (χ3n) is 5.45. The van der Waals surface area contributed by atoms with Gasteiger partial charge in [0.15, 0.2) is 0 Å². The molecule has 0 saturated heterocycles. The number of hydrogen-bond donors (Lipinski definition) is 0. The van der Waals surface area contributed by atoms with Gasteiger partial charge in [-0.25, -0.2) is 0 Å². The van der Waals surface area contributed by atoms with Crippen LogP contribution in [0.3, 0.4) is 0 Å². The Morgan fingerprint density at radius 2 is 1.37 bits per heavy atom. The molecular formula is C27H24. The molecule has 1 aliphatic carbocycles. The van der Waals surface area contributed by atoms with Crippen LogP contribution in [0.4, 0.5) is 0 Å². The van der Waals surface area contributed by atoms with E-state index in [2.05, 4.69) is 110 Å². The molecule has 3 aromatic rings. The maximum Gasteiger partial charge on any atom is 0.0670 e. The predicted molar refractivity (Wildman–Crippen MR) is 115 cm³/mol. The minimum atomic E-state index is -0.300. The lowest BCUT2D eigenvalue weighted by atomic mass is 9.63. The first-order valence-electron chi connectivity index (χ1n) is 9.54. The van der Waals surface area contributed by atoms with Gasteiger partial charge in [0.2, 0.25) is 0 Å². The first-order chi connectivity index (χ1) is 13.4. The summed E-state index contributed by atoms with van der Waals surface area (Å²) in [5, 5.41) is 0. The van der Waals surface area contributed by atoms with Gasteiger partial charge >= 0.3 is 0 Å². The molecule has 0 unspecified atom stereocenters. The highest BCUT2D eigenvalue weighted by Crippen LogP contribution is 2.48. The average molecular weight is 348 g/mol. The zero-order chi connectivity index (χ0) is 18.5. The topological polar surface area (TPSA) is 0 Å². The lowest BCUT2D eigenvalue weighted by Crippen LogP contribution is -2.32. The van der Waals surface area contributed by atoms with Gasteiger partial charge in [-0.15, -0.1) is 6.58 Å². The van der Waals surface area contributed by atoms with E-state index in [-0.39, 0.29) is 5.41 Å². The van der Waals surface area contributed by atoms with Crippen LogP contribution in [-0.4, -0.2) is 0 Å². The molecule has 0 aromatic heterocycles. The minimum Gasteiger partial charge on any atom is -0.103 e. The van der Waals surface area contributed by atoms with Crippen LogP contribution in [0.2, 0.25) is 0 Å². The van der Waals surface area contributed by atoms with Crippen molar-refractivity contribution in [2.45, 2.75) is 18.3 Å². The smallest absolute Gasteiger partial charge is 0.0670 e. The van der Waals surface area contributed by atoms with Gasteiger partial charge in [0.1, 0.15) is 0 Å². The molecule has 0 heterocycles. The van der Waals surface area contributed by atoms with E-state index in [9.17, 15) is 0 Å². The van der Waals surface area contributed by atoms with Crippen molar-refractivity contribution in [2.75, 3.05) is 0 Å². The summed E-state index contributed by atoms with van der Waals surface area (Å²) in [6.07, 6.45) is 10.6. The third-order valence-corrected chi connectivity index (χ3v) is 5.45. The number of allylic oxidation sites excluding steroid dienone is 5. The second-order valence-corrected chi connectivity index (χ2v) is 6.96. The van der Waals surface area contributed by atoms with Crippen molar-refractivity contribution in [3.05, 3.63) is 144 Å². The van der Waals surface area contributed by atoms with E-state index in [0.717, 1.165) is 12.8 Å². The Hall–Kier alpha value is -3.12. The summed E-state index contributed by atoms with van der Waals surface area (Å²) in [4.78, 5) is 0. The summed E-state index contributed by atoms with van der Waals surface area (Å²) in [5.74, 6) is 0. The third kappa shape index (κ3) is 2.98. The van der Waals surface area contributed by atoms with Gasteiger partial charge in [0.05, 0.1) is 5.41 Å². The average Bonchev–Trinajstić information content (AvgIpc) is 3.27. The Morgan fingerprint density at radius 3 is 1.93 bits per heavy atom. The minimum absolute atomic E-state index is 0.300. The fraction of sp³-hybridized carbons (Fsp3) is 0.111. The summed E-state index contributed by atoms with van der Waals surface area (Å²) >= 11 is 0. The van der Waals surface area contributed by atoms with Crippen molar-refractivity contribution in [1.29, 1.82) is 0 Å².